The summed E-state index contributed by atoms with van der Waals surface area (Å²) in [5.74, 6) is 0.757. The normalized spacial score (nSPS) is 31.0. The van der Waals surface area contributed by atoms with E-state index < -0.39 is 0 Å². The number of nitrogens with zero attached hydrogens (tertiary/aromatic N) is 3. The number of hydrogen-bond donors (Lipinski definition) is 0. The van der Waals surface area contributed by atoms with Gasteiger partial charge in [0.25, 0.3) is 11.5 Å². The Labute approximate surface area is 173 Å². The number of likely N-dealkylation sites (tertiary alicyclic amines) is 1. The highest BCUT2D eigenvalue weighted by Gasteiger charge is 2.37. The molecule has 1 aromatic heterocycles. The van der Waals surface area contributed by atoms with Crippen LogP contribution in [0.25, 0.3) is 0 Å². The van der Waals surface area contributed by atoms with Gasteiger partial charge in [-0.1, -0.05) is 30.0 Å². The maximum atomic E-state index is 12.9. The van der Waals surface area contributed by atoms with E-state index >= 15 is 0 Å². The summed E-state index contributed by atoms with van der Waals surface area (Å²) in [6, 6.07) is 5.55. The highest BCUT2D eigenvalue weighted by molar-refractivity contribution is 8.26. The van der Waals surface area contributed by atoms with Gasteiger partial charge in [-0.2, -0.15) is 0 Å². The third-order valence-corrected chi connectivity index (χ3v) is 7.46. The Morgan fingerprint density at radius 2 is 2.14 bits per heavy atom. The zero-order valence-corrected chi connectivity index (χ0v) is 17.2. The Hall–Kier alpha value is -1.64. The quantitative estimate of drug-likeness (QED) is 0.555. The largest absolute Gasteiger partial charge is 0.376 e. The number of aromatic nitrogens is 1. The minimum absolute atomic E-state index is 0.00199. The summed E-state index contributed by atoms with van der Waals surface area (Å²) in [5, 5.41) is 0. The molecule has 4 aliphatic rings. The molecule has 8 heteroatoms. The van der Waals surface area contributed by atoms with Crippen molar-refractivity contribution in [2.24, 2.45) is 5.92 Å². The van der Waals surface area contributed by atoms with E-state index in [4.69, 9.17) is 17.0 Å². The first kappa shape index (κ1) is 18.4. The summed E-state index contributed by atoms with van der Waals surface area (Å²) in [5.41, 5.74) is 1.21. The predicted molar refractivity (Wildman–Crippen MR) is 112 cm³/mol. The highest BCUT2D eigenvalue weighted by Crippen LogP contribution is 2.37. The number of ether oxygens (including phenoxy) is 1. The standard InChI is InChI=1S/C20H23N3O3S2/c24-18-5-1-4-16-14-7-13(9-22(16)18)8-21(10-14)12-17-19(25)23(20(27)28-17)11-15-3-2-6-26-15/h1,4-5,12-15H,2-3,6-11H2/t13-,14-,15-/m0/s1. The SMILES string of the molecule is O=C1C(=CN2C[C@@H]3C[C@@H](C2)c2cccc(=O)n2C3)SC(=S)N1C[C@@H]1CCCO1. The van der Waals surface area contributed by atoms with Crippen molar-refractivity contribution in [3.8, 4) is 0 Å². The van der Waals surface area contributed by atoms with Crippen LogP contribution in [0.2, 0.25) is 0 Å². The van der Waals surface area contributed by atoms with Crippen LogP contribution in [-0.4, -0.2) is 56.9 Å². The van der Waals surface area contributed by atoms with Crippen molar-refractivity contribution >= 4 is 34.2 Å². The van der Waals surface area contributed by atoms with Gasteiger partial charge in [-0.05, 0) is 31.2 Å². The summed E-state index contributed by atoms with van der Waals surface area (Å²) in [7, 11) is 0. The maximum Gasteiger partial charge on any atom is 0.267 e. The Morgan fingerprint density at radius 1 is 1.25 bits per heavy atom. The van der Waals surface area contributed by atoms with Crippen LogP contribution in [0, 0.1) is 5.92 Å². The van der Waals surface area contributed by atoms with Crippen LogP contribution in [0.3, 0.4) is 0 Å². The zero-order valence-electron chi connectivity index (χ0n) is 15.6. The maximum absolute atomic E-state index is 12.9. The molecule has 0 aliphatic carbocycles. The van der Waals surface area contributed by atoms with Gasteiger partial charge >= 0.3 is 0 Å². The zero-order chi connectivity index (χ0) is 19.3. The number of hydrogen-bond acceptors (Lipinski definition) is 6. The number of carbonyl (C=O) groups is 1. The number of piperidine rings is 1. The number of rotatable bonds is 3. The third kappa shape index (κ3) is 3.31. The molecule has 3 saturated heterocycles. The second-order valence-electron chi connectivity index (χ2n) is 8.06. The van der Waals surface area contributed by atoms with Crippen molar-refractivity contribution in [3.05, 3.63) is 45.4 Å². The molecule has 28 heavy (non-hydrogen) atoms. The van der Waals surface area contributed by atoms with Gasteiger partial charge in [0.05, 0.1) is 17.6 Å². The van der Waals surface area contributed by atoms with Crippen LogP contribution in [0.4, 0.5) is 0 Å². The predicted octanol–water partition coefficient (Wildman–Crippen LogP) is 2.15. The fourth-order valence-corrected chi connectivity index (χ4v) is 6.13. The van der Waals surface area contributed by atoms with Crippen molar-refractivity contribution in [2.75, 3.05) is 26.2 Å². The van der Waals surface area contributed by atoms with E-state index in [0.717, 1.165) is 51.2 Å². The van der Waals surface area contributed by atoms with Crippen molar-refractivity contribution in [2.45, 2.75) is 37.8 Å². The van der Waals surface area contributed by atoms with Crippen molar-refractivity contribution < 1.29 is 9.53 Å². The fraction of sp³-hybridized carbons (Fsp3) is 0.550. The molecule has 0 saturated carbocycles. The first-order chi connectivity index (χ1) is 13.6. The number of carbonyl (C=O) groups excluding carboxylic acids is 1. The highest BCUT2D eigenvalue weighted by atomic mass is 32.2. The van der Waals surface area contributed by atoms with E-state index in [-0.39, 0.29) is 17.6 Å². The minimum Gasteiger partial charge on any atom is -0.376 e. The molecule has 2 bridgehead atoms. The second-order valence-corrected chi connectivity index (χ2v) is 9.74. The van der Waals surface area contributed by atoms with Crippen molar-refractivity contribution in [1.82, 2.24) is 14.4 Å². The van der Waals surface area contributed by atoms with Crippen molar-refractivity contribution in [3.63, 3.8) is 0 Å². The van der Waals surface area contributed by atoms with Crippen molar-refractivity contribution in [1.29, 1.82) is 0 Å². The number of pyridine rings is 1. The Morgan fingerprint density at radius 3 is 2.96 bits per heavy atom. The average Bonchev–Trinajstić information content (AvgIpc) is 3.27. The molecule has 6 nitrogen and oxygen atoms in total. The molecule has 5 heterocycles. The molecular weight excluding hydrogens is 394 g/mol. The molecule has 0 unspecified atom stereocenters. The molecular formula is C20H23N3O3S2. The van der Waals surface area contributed by atoms with Crippen LogP contribution in [0.1, 0.15) is 30.9 Å². The van der Waals surface area contributed by atoms with Crippen LogP contribution >= 0.6 is 24.0 Å². The molecule has 148 valence electrons. The molecule has 4 aliphatic heterocycles. The Bertz CT molecular complexity index is 906. The molecule has 0 aromatic carbocycles. The average molecular weight is 418 g/mol. The monoisotopic (exact) mass is 417 g/mol. The molecule has 1 aromatic rings. The van der Waals surface area contributed by atoms with Crippen LogP contribution in [-0.2, 0) is 16.1 Å². The Kier molecular flexibility index (Phi) is 4.80. The lowest BCUT2D eigenvalue weighted by atomic mass is 9.83. The number of thiocarbonyl (C=S) groups is 1. The van der Waals surface area contributed by atoms with E-state index in [0.29, 0.717) is 27.6 Å². The van der Waals surface area contributed by atoms with Gasteiger partial charge < -0.3 is 14.2 Å². The smallest absolute Gasteiger partial charge is 0.267 e. The molecule has 3 atom stereocenters. The lowest BCUT2D eigenvalue weighted by molar-refractivity contribution is -0.123. The molecule has 0 spiro atoms. The van der Waals surface area contributed by atoms with Gasteiger partial charge in [0, 0.05) is 50.1 Å². The van der Waals surface area contributed by atoms with Crippen LogP contribution in [0.15, 0.2) is 34.1 Å². The van der Waals surface area contributed by atoms with E-state index in [1.165, 1.54) is 11.8 Å². The lowest BCUT2D eigenvalue weighted by Gasteiger charge is -2.42. The second kappa shape index (κ2) is 7.31. The first-order valence-electron chi connectivity index (χ1n) is 9.89. The van der Waals surface area contributed by atoms with Gasteiger partial charge in [-0.25, -0.2) is 0 Å². The van der Waals surface area contributed by atoms with Gasteiger partial charge in [-0.15, -0.1) is 0 Å². The van der Waals surface area contributed by atoms with E-state index in [1.54, 1.807) is 11.0 Å². The third-order valence-electron chi connectivity index (χ3n) is 6.09. The summed E-state index contributed by atoms with van der Waals surface area (Å²) < 4.78 is 8.22. The van der Waals surface area contributed by atoms with E-state index in [9.17, 15) is 9.59 Å². The number of thioether (sulfide) groups is 1. The molecule has 0 N–H and O–H groups in total. The van der Waals surface area contributed by atoms with Gasteiger partial charge in [0.1, 0.15) is 4.32 Å². The summed E-state index contributed by atoms with van der Waals surface area (Å²) in [6.07, 6.45) is 5.24. The Balaban J connectivity index is 1.32. The van der Waals surface area contributed by atoms with E-state index in [1.807, 2.05) is 16.8 Å². The van der Waals surface area contributed by atoms with E-state index in [2.05, 4.69) is 11.0 Å². The number of amides is 1. The number of fused-ring (bicyclic) bond motifs is 4. The molecule has 5 rings (SSSR count). The lowest BCUT2D eigenvalue weighted by Crippen LogP contribution is -2.45. The van der Waals surface area contributed by atoms with Gasteiger partial charge in [0.15, 0.2) is 0 Å². The van der Waals surface area contributed by atoms with Gasteiger partial charge in [0.2, 0.25) is 0 Å². The molecule has 3 fully saturated rings. The molecule has 0 radical (unpaired) electrons. The molecule has 1 amide bonds. The topological polar surface area (TPSA) is 54.8 Å². The van der Waals surface area contributed by atoms with Crippen LogP contribution in [0.5, 0.6) is 0 Å². The van der Waals surface area contributed by atoms with Gasteiger partial charge in [-0.3, -0.25) is 14.5 Å². The first-order valence-corrected chi connectivity index (χ1v) is 11.1. The summed E-state index contributed by atoms with van der Waals surface area (Å²) in [6.45, 7) is 3.79. The minimum atomic E-state index is -0.00199. The fourth-order valence-electron chi connectivity index (χ4n) is 4.84. The summed E-state index contributed by atoms with van der Waals surface area (Å²) >= 11 is 6.85. The van der Waals surface area contributed by atoms with Crippen LogP contribution < -0.4 is 5.56 Å². The summed E-state index contributed by atoms with van der Waals surface area (Å²) in [4.78, 5) is 29.7.